The predicted molar refractivity (Wildman–Crippen MR) is 105 cm³/mol. The molecular weight excluding hydrogens is 330 g/mol. The average molecular weight is 364 g/mol. The molecule has 0 amide bonds. The van der Waals surface area contributed by atoms with Crippen LogP contribution in [-0.4, -0.2) is 57.6 Å². The maximum Gasteiger partial charge on any atom is 0.191 e. The van der Waals surface area contributed by atoms with Gasteiger partial charge in [-0.1, -0.05) is 17.7 Å². The molecule has 0 saturated carbocycles. The van der Waals surface area contributed by atoms with Crippen molar-refractivity contribution in [2.24, 2.45) is 4.99 Å². The van der Waals surface area contributed by atoms with Gasteiger partial charge >= 0.3 is 0 Å². The lowest BCUT2D eigenvalue weighted by atomic mass is 10.2. The van der Waals surface area contributed by atoms with E-state index in [1.54, 1.807) is 0 Å². The average Bonchev–Trinajstić information content (AvgIpc) is 3.15. The van der Waals surface area contributed by atoms with Gasteiger partial charge in [0.15, 0.2) is 5.96 Å². The maximum absolute atomic E-state index is 5.90. The number of nitrogens with zero attached hydrogens (tertiary/aromatic N) is 1. The first-order valence-electron chi connectivity index (χ1n) is 9.62. The summed E-state index contributed by atoms with van der Waals surface area (Å²) in [7, 11) is 0. The van der Waals surface area contributed by atoms with Gasteiger partial charge in [-0.2, -0.15) is 0 Å². The fraction of sp³-hybridized carbons (Fsp3) is 0.650. The van der Waals surface area contributed by atoms with Crippen molar-refractivity contribution in [3.05, 3.63) is 29.8 Å². The molecule has 0 aliphatic carbocycles. The lowest BCUT2D eigenvalue weighted by Crippen LogP contribution is -2.39. The highest BCUT2D eigenvalue weighted by Crippen LogP contribution is 2.13. The number of benzene rings is 1. The van der Waals surface area contributed by atoms with E-state index in [4.69, 9.17) is 14.2 Å². The Morgan fingerprint density at radius 2 is 2.12 bits per heavy atom. The summed E-state index contributed by atoms with van der Waals surface area (Å²) < 4.78 is 17.0. The second-order valence-electron chi connectivity index (χ2n) is 6.60. The first kappa shape index (κ1) is 20.5. The first-order valence-corrected chi connectivity index (χ1v) is 9.62. The van der Waals surface area contributed by atoms with Gasteiger partial charge in [0.05, 0.1) is 19.3 Å². The first-order chi connectivity index (χ1) is 12.7. The summed E-state index contributed by atoms with van der Waals surface area (Å²) in [6.45, 7) is 10.7. The molecule has 1 fully saturated rings. The molecule has 2 rings (SSSR count). The van der Waals surface area contributed by atoms with Gasteiger partial charge in [0.2, 0.25) is 0 Å². The van der Waals surface area contributed by atoms with Gasteiger partial charge in [-0.15, -0.1) is 0 Å². The van der Waals surface area contributed by atoms with Gasteiger partial charge in [0.1, 0.15) is 11.9 Å². The Hall–Kier alpha value is -1.79. The lowest BCUT2D eigenvalue weighted by Gasteiger charge is -2.15. The van der Waals surface area contributed by atoms with E-state index >= 15 is 0 Å². The van der Waals surface area contributed by atoms with Crippen molar-refractivity contribution in [2.75, 3.05) is 39.5 Å². The Balaban J connectivity index is 1.66. The van der Waals surface area contributed by atoms with E-state index in [1.807, 2.05) is 19.1 Å². The van der Waals surface area contributed by atoms with Crippen LogP contribution in [0.15, 0.2) is 29.3 Å². The molecule has 0 bridgehead atoms. The Morgan fingerprint density at radius 3 is 2.81 bits per heavy atom. The fourth-order valence-electron chi connectivity index (χ4n) is 2.62. The minimum atomic E-state index is 0.0128. The summed E-state index contributed by atoms with van der Waals surface area (Å²) in [5.74, 6) is 1.69. The molecule has 2 atom stereocenters. The molecular formula is C20H33N3O3. The summed E-state index contributed by atoms with van der Waals surface area (Å²) in [6, 6.07) is 8.09. The topological polar surface area (TPSA) is 64.1 Å². The molecule has 2 unspecified atom stereocenters. The van der Waals surface area contributed by atoms with Gasteiger partial charge < -0.3 is 24.8 Å². The van der Waals surface area contributed by atoms with Crippen molar-refractivity contribution in [1.82, 2.24) is 10.6 Å². The second-order valence-corrected chi connectivity index (χ2v) is 6.60. The fourth-order valence-corrected chi connectivity index (χ4v) is 2.62. The minimum absolute atomic E-state index is 0.0128. The van der Waals surface area contributed by atoms with Crippen LogP contribution in [0, 0.1) is 6.92 Å². The van der Waals surface area contributed by atoms with E-state index in [-0.39, 0.29) is 12.2 Å². The summed E-state index contributed by atoms with van der Waals surface area (Å²) in [6.07, 6.45) is 2.24. The molecule has 0 radical (unpaired) electrons. The third kappa shape index (κ3) is 8.06. The number of aryl methyl sites for hydroxylation is 1. The monoisotopic (exact) mass is 363 g/mol. The lowest BCUT2D eigenvalue weighted by molar-refractivity contribution is 0.0420. The van der Waals surface area contributed by atoms with Gasteiger partial charge in [0, 0.05) is 26.3 Å². The van der Waals surface area contributed by atoms with E-state index in [0.717, 1.165) is 57.5 Å². The molecule has 1 saturated heterocycles. The number of rotatable bonds is 10. The number of hydrogen-bond donors (Lipinski definition) is 2. The van der Waals surface area contributed by atoms with Crippen LogP contribution in [0.2, 0.25) is 0 Å². The van der Waals surface area contributed by atoms with Crippen molar-refractivity contribution in [3.63, 3.8) is 0 Å². The van der Waals surface area contributed by atoms with E-state index in [1.165, 1.54) is 5.56 Å². The van der Waals surface area contributed by atoms with E-state index in [0.29, 0.717) is 6.54 Å². The highest BCUT2D eigenvalue weighted by Gasteiger charge is 2.15. The molecule has 26 heavy (non-hydrogen) atoms. The predicted octanol–water partition coefficient (Wildman–Crippen LogP) is 2.51. The molecule has 6 nitrogen and oxygen atoms in total. The van der Waals surface area contributed by atoms with E-state index in [9.17, 15) is 0 Å². The second kappa shape index (κ2) is 11.8. The zero-order valence-corrected chi connectivity index (χ0v) is 16.3. The number of hydrogen-bond acceptors (Lipinski definition) is 4. The Kier molecular flexibility index (Phi) is 9.28. The van der Waals surface area contributed by atoms with Crippen molar-refractivity contribution < 1.29 is 14.2 Å². The Bertz CT molecular complexity index is 528. The third-order valence-corrected chi connectivity index (χ3v) is 4.06. The molecule has 1 aliphatic heterocycles. The Morgan fingerprint density at radius 1 is 1.31 bits per heavy atom. The smallest absolute Gasteiger partial charge is 0.191 e. The zero-order valence-electron chi connectivity index (χ0n) is 16.3. The summed E-state index contributed by atoms with van der Waals surface area (Å²) in [5.41, 5.74) is 1.23. The van der Waals surface area contributed by atoms with Crippen LogP contribution in [0.4, 0.5) is 0 Å². The molecule has 0 spiro atoms. The molecule has 1 aromatic carbocycles. The number of ether oxygens (including phenoxy) is 3. The summed E-state index contributed by atoms with van der Waals surface area (Å²) in [5, 5.41) is 6.61. The summed E-state index contributed by atoms with van der Waals surface area (Å²) >= 11 is 0. The van der Waals surface area contributed by atoms with E-state index in [2.05, 4.69) is 41.6 Å². The van der Waals surface area contributed by atoms with Gasteiger partial charge in [-0.05, 0) is 45.7 Å². The number of guanidine groups is 1. The molecule has 146 valence electrons. The molecule has 1 aliphatic rings. The van der Waals surface area contributed by atoms with Crippen molar-refractivity contribution >= 4 is 5.96 Å². The SMILES string of the molecule is CCNC(=NCC(C)Oc1ccc(C)cc1)NCCCOC1CCOC1. The van der Waals surface area contributed by atoms with Crippen LogP contribution in [-0.2, 0) is 9.47 Å². The van der Waals surface area contributed by atoms with Crippen molar-refractivity contribution in [1.29, 1.82) is 0 Å². The maximum atomic E-state index is 5.90. The van der Waals surface area contributed by atoms with Crippen molar-refractivity contribution in [3.8, 4) is 5.75 Å². The van der Waals surface area contributed by atoms with Crippen LogP contribution in [0.1, 0.15) is 32.3 Å². The molecule has 0 aromatic heterocycles. The van der Waals surface area contributed by atoms with Crippen molar-refractivity contribution in [2.45, 2.75) is 45.8 Å². The largest absolute Gasteiger partial charge is 0.489 e. The Labute approximate surface area is 157 Å². The van der Waals surface area contributed by atoms with Gasteiger partial charge in [-0.25, -0.2) is 4.99 Å². The zero-order chi connectivity index (χ0) is 18.6. The van der Waals surface area contributed by atoms with Crippen LogP contribution in [0.5, 0.6) is 5.75 Å². The molecule has 1 heterocycles. The summed E-state index contributed by atoms with van der Waals surface area (Å²) in [4.78, 5) is 4.61. The van der Waals surface area contributed by atoms with Crippen LogP contribution >= 0.6 is 0 Å². The quantitative estimate of drug-likeness (QED) is 0.380. The van der Waals surface area contributed by atoms with Gasteiger partial charge in [0.25, 0.3) is 0 Å². The molecule has 6 heteroatoms. The minimum Gasteiger partial charge on any atom is -0.489 e. The third-order valence-electron chi connectivity index (χ3n) is 4.06. The van der Waals surface area contributed by atoms with Crippen LogP contribution in [0.25, 0.3) is 0 Å². The van der Waals surface area contributed by atoms with Gasteiger partial charge in [-0.3, -0.25) is 0 Å². The van der Waals surface area contributed by atoms with Crippen LogP contribution < -0.4 is 15.4 Å². The normalized spacial score (nSPS) is 18.6. The number of nitrogens with one attached hydrogen (secondary N) is 2. The molecule has 1 aromatic rings. The van der Waals surface area contributed by atoms with Crippen LogP contribution in [0.3, 0.4) is 0 Å². The van der Waals surface area contributed by atoms with E-state index < -0.39 is 0 Å². The highest BCUT2D eigenvalue weighted by atomic mass is 16.5. The number of aliphatic imine (C=N–C) groups is 1. The standard InChI is InChI=1S/C20H33N3O3/c1-4-21-20(22-11-5-12-25-19-10-13-24-15-19)23-14-17(3)26-18-8-6-16(2)7-9-18/h6-9,17,19H,4-5,10-15H2,1-3H3,(H2,21,22,23). The highest BCUT2D eigenvalue weighted by molar-refractivity contribution is 5.79. The molecule has 2 N–H and O–H groups in total.